The minimum Gasteiger partial charge on any atom is -0.487 e. The van der Waals surface area contributed by atoms with Crippen molar-refractivity contribution in [3.05, 3.63) is 36.3 Å². The first kappa shape index (κ1) is 15.0. The van der Waals surface area contributed by atoms with Gasteiger partial charge in [-0.15, -0.1) is 0 Å². The van der Waals surface area contributed by atoms with Crippen molar-refractivity contribution in [3.63, 3.8) is 0 Å². The summed E-state index contributed by atoms with van der Waals surface area (Å²) in [7, 11) is -1.90. The van der Waals surface area contributed by atoms with Gasteiger partial charge in [-0.2, -0.15) is 9.40 Å². The zero-order valence-corrected chi connectivity index (χ0v) is 13.3. The molecule has 7 nitrogen and oxygen atoms in total. The molecule has 118 valence electrons. The van der Waals surface area contributed by atoms with Gasteiger partial charge in [0.25, 0.3) is 10.0 Å². The number of aromatic nitrogens is 3. The van der Waals surface area contributed by atoms with Crippen molar-refractivity contribution < 1.29 is 13.2 Å². The van der Waals surface area contributed by atoms with Crippen LogP contribution in [0.1, 0.15) is 12.1 Å². The van der Waals surface area contributed by atoms with Gasteiger partial charge in [-0.3, -0.25) is 9.67 Å². The predicted molar refractivity (Wildman–Crippen MR) is 80.0 cm³/mol. The topological polar surface area (TPSA) is 77.3 Å². The molecule has 0 saturated carbocycles. The van der Waals surface area contributed by atoms with E-state index in [0.717, 1.165) is 5.69 Å². The molecular formula is C14H18N4O3S. The van der Waals surface area contributed by atoms with Crippen LogP contribution in [-0.2, 0) is 17.1 Å². The fraction of sp³-hybridized carbons (Fsp3) is 0.429. The second kappa shape index (κ2) is 5.69. The van der Waals surface area contributed by atoms with E-state index >= 15 is 0 Å². The zero-order valence-electron chi connectivity index (χ0n) is 12.5. The van der Waals surface area contributed by atoms with Gasteiger partial charge in [-0.1, -0.05) is 0 Å². The van der Waals surface area contributed by atoms with Crippen LogP contribution in [0.5, 0.6) is 5.75 Å². The number of aryl methyl sites for hydroxylation is 2. The van der Waals surface area contributed by atoms with Crippen LogP contribution < -0.4 is 4.74 Å². The molecule has 0 bridgehead atoms. The summed E-state index contributed by atoms with van der Waals surface area (Å²) in [4.78, 5) is 4.17. The first-order chi connectivity index (χ1) is 10.5. The third kappa shape index (κ3) is 2.84. The molecule has 8 heteroatoms. The third-order valence-electron chi connectivity index (χ3n) is 3.67. The Kier molecular flexibility index (Phi) is 3.88. The molecule has 0 N–H and O–H groups in total. The van der Waals surface area contributed by atoms with Crippen molar-refractivity contribution in [2.24, 2.45) is 7.05 Å². The number of hydrogen-bond donors (Lipinski definition) is 0. The third-order valence-corrected chi connectivity index (χ3v) is 5.62. The monoisotopic (exact) mass is 322 g/mol. The summed E-state index contributed by atoms with van der Waals surface area (Å²) < 4.78 is 33.7. The highest BCUT2D eigenvalue weighted by Crippen LogP contribution is 2.23. The van der Waals surface area contributed by atoms with E-state index in [1.165, 1.54) is 21.3 Å². The lowest BCUT2D eigenvalue weighted by atomic mass is 10.3. The van der Waals surface area contributed by atoms with Crippen LogP contribution >= 0.6 is 0 Å². The van der Waals surface area contributed by atoms with E-state index in [9.17, 15) is 8.42 Å². The molecule has 0 spiro atoms. The van der Waals surface area contributed by atoms with Crippen LogP contribution in [0.3, 0.4) is 0 Å². The van der Waals surface area contributed by atoms with Crippen molar-refractivity contribution in [2.45, 2.75) is 24.5 Å². The van der Waals surface area contributed by atoms with E-state index in [4.69, 9.17) is 4.74 Å². The largest absolute Gasteiger partial charge is 0.487 e. The fourth-order valence-electron chi connectivity index (χ4n) is 2.48. The molecule has 0 amide bonds. The quantitative estimate of drug-likeness (QED) is 0.838. The van der Waals surface area contributed by atoms with Gasteiger partial charge >= 0.3 is 0 Å². The molecule has 1 aliphatic rings. The molecule has 2 aromatic heterocycles. The SMILES string of the molecule is Cc1ccc(OC2CCN(S(=O)(=O)c3ccnn3C)C2)cn1. The van der Waals surface area contributed by atoms with Gasteiger partial charge in [0.2, 0.25) is 0 Å². The first-order valence-electron chi connectivity index (χ1n) is 7.04. The van der Waals surface area contributed by atoms with Crippen molar-refractivity contribution in [1.82, 2.24) is 19.1 Å². The smallest absolute Gasteiger partial charge is 0.260 e. The number of rotatable bonds is 4. The Morgan fingerprint density at radius 2 is 2.14 bits per heavy atom. The average Bonchev–Trinajstić information content (AvgIpc) is 3.11. The average molecular weight is 322 g/mol. The lowest BCUT2D eigenvalue weighted by Gasteiger charge is -2.17. The van der Waals surface area contributed by atoms with Gasteiger partial charge in [0.15, 0.2) is 5.03 Å². The molecule has 1 fully saturated rings. The van der Waals surface area contributed by atoms with E-state index < -0.39 is 10.0 Å². The van der Waals surface area contributed by atoms with Crippen LogP contribution in [0.25, 0.3) is 0 Å². The number of pyridine rings is 1. The van der Waals surface area contributed by atoms with Crippen molar-refractivity contribution in [1.29, 1.82) is 0 Å². The van der Waals surface area contributed by atoms with E-state index in [-0.39, 0.29) is 11.1 Å². The highest BCUT2D eigenvalue weighted by Gasteiger charge is 2.35. The summed E-state index contributed by atoms with van der Waals surface area (Å²) in [5.74, 6) is 0.662. The molecule has 1 saturated heterocycles. The van der Waals surface area contributed by atoms with Gasteiger partial charge in [0, 0.05) is 19.3 Å². The predicted octanol–water partition coefficient (Wildman–Crippen LogP) is 0.966. The van der Waals surface area contributed by atoms with Gasteiger partial charge in [0.1, 0.15) is 11.9 Å². The zero-order chi connectivity index (χ0) is 15.7. The second-order valence-corrected chi connectivity index (χ2v) is 7.20. The summed E-state index contributed by atoms with van der Waals surface area (Å²) in [5, 5.41) is 4.12. The number of ether oxygens (including phenoxy) is 1. The van der Waals surface area contributed by atoms with E-state index in [1.54, 1.807) is 13.2 Å². The Balaban J connectivity index is 1.70. The minimum atomic E-state index is -3.52. The first-order valence-corrected chi connectivity index (χ1v) is 8.48. The standard InChI is InChI=1S/C14H18N4O3S/c1-11-3-4-12(9-15-11)21-13-6-8-18(10-13)22(19,20)14-5-7-16-17(14)2/h3-5,7,9,13H,6,8,10H2,1-2H3. The lowest BCUT2D eigenvalue weighted by Crippen LogP contribution is -2.32. The molecular weight excluding hydrogens is 304 g/mol. The Morgan fingerprint density at radius 1 is 1.32 bits per heavy atom. The molecule has 1 atom stereocenters. The molecule has 0 aliphatic carbocycles. The van der Waals surface area contributed by atoms with Crippen LogP contribution in [-0.4, -0.2) is 46.7 Å². The summed E-state index contributed by atoms with van der Waals surface area (Å²) in [6, 6.07) is 5.22. The molecule has 3 heterocycles. The summed E-state index contributed by atoms with van der Waals surface area (Å²) in [6.07, 6.45) is 3.64. The lowest BCUT2D eigenvalue weighted by molar-refractivity contribution is 0.214. The minimum absolute atomic E-state index is 0.160. The van der Waals surface area contributed by atoms with Crippen LogP contribution in [0.15, 0.2) is 35.6 Å². The molecule has 2 aromatic rings. The highest BCUT2D eigenvalue weighted by molar-refractivity contribution is 7.89. The summed E-state index contributed by atoms with van der Waals surface area (Å²) in [5.41, 5.74) is 0.916. The Bertz CT molecular complexity index is 755. The van der Waals surface area contributed by atoms with Crippen LogP contribution in [0.2, 0.25) is 0 Å². The molecule has 3 rings (SSSR count). The van der Waals surface area contributed by atoms with E-state index in [1.807, 2.05) is 19.1 Å². The molecule has 1 unspecified atom stereocenters. The van der Waals surface area contributed by atoms with Gasteiger partial charge in [0.05, 0.1) is 18.9 Å². The maximum Gasteiger partial charge on any atom is 0.260 e. The molecule has 0 aromatic carbocycles. The normalized spacial score (nSPS) is 19.5. The maximum atomic E-state index is 12.6. The van der Waals surface area contributed by atoms with Crippen molar-refractivity contribution in [2.75, 3.05) is 13.1 Å². The fourth-order valence-corrected chi connectivity index (χ4v) is 4.06. The van der Waals surface area contributed by atoms with E-state index in [2.05, 4.69) is 10.1 Å². The van der Waals surface area contributed by atoms with Crippen LogP contribution in [0.4, 0.5) is 0 Å². The van der Waals surface area contributed by atoms with Gasteiger partial charge in [-0.25, -0.2) is 8.42 Å². The number of nitrogens with zero attached hydrogens (tertiary/aromatic N) is 4. The molecule has 1 aliphatic heterocycles. The Morgan fingerprint density at radius 3 is 2.77 bits per heavy atom. The van der Waals surface area contributed by atoms with Crippen molar-refractivity contribution in [3.8, 4) is 5.75 Å². The highest BCUT2D eigenvalue weighted by atomic mass is 32.2. The Hall–Kier alpha value is -1.93. The summed E-state index contributed by atoms with van der Waals surface area (Å²) >= 11 is 0. The van der Waals surface area contributed by atoms with Crippen LogP contribution in [0, 0.1) is 6.92 Å². The second-order valence-electron chi connectivity index (χ2n) is 5.32. The Labute approximate surface area is 129 Å². The summed E-state index contributed by atoms with van der Waals surface area (Å²) in [6.45, 7) is 2.68. The molecule has 22 heavy (non-hydrogen) atoms. The number of hydrogen-bond acceptors (Lipinski definition) is 5. The van der Waals surface area contributed by atoms with E-state index in [0.29, 0.717) is 25.3 Å². The number of sulfonamides is 1. The maximum absolute atomic E-state index is 12.6. The molecule has 0 radical (unpaired) electrons. The van der Waals surface area contributed by atoms with Gasteiger partial charge in [-0.05, 0) is 31.5 Å². The van der Waals surface area contributed by atoms with Crippen molar-refractivity contribution >= 4 is 10.0 Å². The van der Waals surface area contributed by atoms with Gasteiger partial charge < -0.3 is 4.74 Å².